The molecule has 1 spiro atoms. The van der Waals surface area contributed by atoms with Gasteiger partial charge in [0.1, 0.15) is 5.82 Å². The number of carbonyl (C=O) groups is 3. The van der Waals surface area contributed by atoms with Gasteiger partial charge >= 0.3 is 0 Å². The SMILES string of the molecule is NC(=O)c1ccc(N2C3CCC34CC(NC(=O)c3ccc(C(N)=O)c(NC5CCC(N)CC5)c3)CC24)nc1. The maximum absolute atomic E-state index is 13.3. The molecule has 1 aromatic carbocycles. The van der Waals surface area contributed by atoms with Gasteiger partial charge in [0.15, 0.2) is 0 Å². The Morgan fingerprint density at radius 2 is 1.68 bits per heavy atom. The van der Waals surface area contributed by atoms with Crippen molar-refractivity contribution in [3.05, 3.63) is 53.2 Å². The lowest BCUT2D eigenvalue weighted by Gasteiger charge is -2.68. The van der Waals surface area contributed by atoms with Crippen molar-refractivity contribution in [2.24, 2.45) is 22.6 Å². The average Bonchev–Trinajstić information content (AvgIpc) is 3.26. The predicted octanol–water partition coefficient (Wildman–Crippen LogP) is 1.89. The first-order valence-electron chi connectivity index (χ1n) is 13.6. The van der Waals surface area contributed by atoms with Crippen LogP contribution in [0.5, 0.6) is 0 Å². The lowest BCUT2D eigenvalue weighted by atomic mass is 9.53. The molecule has 4 aliphatic rings. The van der Waals surface area contributed by atoms with Gasteiger partial charge in [-0.1, -0.05) is 0 Å². The summed E-state index contributed by atoms with van der Waals surface area (Å²) in [6.07, 6.45) is 9.26. The van der Waals surface area contributed by atoms with Crippen LogP contribution in [-0.4, -0.2) is 52.9 Å². The molecule has 4 fully saturated rings. The molecule has 6 rings (SSSR count). The molecule has 2 aromatic rings. The van der Waals surface area contributed by atoms with E-state index in [1.54, 1.807) is 24.3 Å². The van der Waals surface area contributed by atoms with E-state index in [9.17, 15) is 14.4 Å². The van der Waals surface area contributed by atoms with Crippen LogP contribution in [0.15, 0.2) is 36.5 Å². The van der Waals surface area contributed by atoms with Gasteiger partial charge in [0.05, 0.1) is 11.1 Å². The zero-order valence-electron chi connectivity index (χ0n) is 21.4. The number of aromatic nitrogens is 1. The molecule has 3 amide bonds. The van der Waals surface area contributed by atoms with Crippen molar-refractivity contribution in [1.82, 2.24) is 10.3 Å². The Morgan fingerprint density at radius 3 is 2.32 bits per heavy atom. The van der Waals surface area contributed by atoms with Crippen molar-refractivity contribution in [2.75, 3.05) is 10.2 Å². The molecule has 3 aliphatic carbocycles. The number of carbonyl (C=O) groups excluding carboxylic acids is 3. The minimum atomic E-state index is -0.521. The molecule has 38 heavy (non-hydrogen) atoms. The molecule has 4 atom stereocenters. The number of piperidine rings is 1. The van der Waals surface area contributed by atoms with E-state index < -0.39 is 11.8 Å². The van der Waals surface area contributed by atoms with Gasteiger partial charge in [-0.15, -0.1) is 0 Å². The summed E-state index contributed by atoms with van der Waals surface area (Å²) in [5.74, 6) is -0.302. The molecule has 1 saturated heterocycles. The van der Waals surface area contributed by atoms with Gasteiger partial charge in [0, 0.05) is 53.1 Å². The molecule has 10 heteroatoms. The normalized spacial score (nSPS) is 31.3. The first kappa shape index (κ1) is 24.7. The molecule has 0 bridgehead atoms. The Kier molecular flexibility index (Phi) is 6.02. The average molecular weight is 518 g/mol. The highest BCUT2D eigenvalue weighted by molar-refractivity contribution is 6.02. The summed E-state index contributed by atoms with van der Waals surface area (Å²) in [5.41, 5.74) is 19.1. The smallest absolute Gasteiger partial charge is 0.251 e. The Hall–Kier alpha value is -3.66. The number of benzene rings is 1. The van der Waals surface area contributed by atoms with Crippen molar-refractivity contribution in [1.29, 1.82) is 0 Å². The quantitative estimate of drug-likeness (QED) is 0.373. The van der Waals surface area contributed by atoms with Gasteiger partial charge in [0.25, 0.3) is 11.8 Å². The fourth-order valence-electron chi connectivity index (χ4n) is 7.28. The van der Waals surface area contributed by atoms with Crippen LogP contribution in [0.2, 0.25) is 0 Å². The van der Waals surface area contributed by atoms with E-state index in [2.05, 4.69) is 20.5 Å². The van der Waals surface area contributed by atoms with Crippen LogP contribution in [0, 0.1) is 5.41 Å². The molecule has 4 unspecified atom stereocenters. The van der Waals surface area contributed by atoms with Crippen molar-refractivity contribution in [3.8, 4) is 0 Å². The Bertz CT molecular complexity index is 1270. The minimum absolute atomic E-state index is 0.0530. The minimum Gasteiger partial charge on any atom is -0.382 e. The molecule has 10 nitrogen and oxygen atoms in total. The number of rotatable bonds is 7. The number of nitrogens with one attached hydrogen (secondary N) is 2. The van der Waals surface area contributed by atoms with E-state index in [1.807, 2.05) is 6.07 Å². The highest BCUT2D eigenvalue weighted by atomic mass is 16.2. The topological polar surface area (TPSA) is 169 Å². The zero-order chi connectivity index (χ0) is 26.6. The van der Waals surface area contributed by atoms with Crippen molar-refractivity contribution in [2.45, 2.75) is 81.6 Å². The van der Waals surface area contributed by atoms with Gasteiger partial charge < -0.3 is 32.7 Å². The van der Waals surface area contributed by atoms with Gasteiger partial charge in [-0.05, 0) is 81.7 Å². The third-order valence-electron chi connectivity index (χ3n) is 9.33. The van der Waals surface area contributed by atoms with Gasteiger partial charge in [-0.25, -0.2) is 4.98 Å². The number of pyridine rings is 1. The Balaban J connectivity index is 1.14. The van der Waals surface area contributed by atoms with Crippen molar-refractivity contribution < 1.29 is 14.4 Å². The summed E-state index contributed by atoms with van der Waals surface area (Å²) in [5, 5.41) is 6.69. The fourth-order valence-corrected chi connectivity index (χ4v) is 7.28. The fraction of sp³-hybridized carbons (Fsp3) is 0.500. The lowest BCUT2D eigenvalue weighted by molar-refractivity contribution is -0.0172. The molecule has 8 N–H and O–H groups in total. The maximum atomic E-state index is 13.3. The zero-order valence-corrected chi connectivity index (χ0v) is 21.4. The van der Waals surface area contributed by atoms with E-state index in [0.29, 0.717) is 34.5 Å². The molecular formula is C28H35N7O3. The number of primary amides is 2. The lowest BCUT2D eigenvalue weighted by Crippen LogP contribution is -2.75. The molecule has 200 valence electrons. The Morgan fingerprint density at radius 1 is 0.921 bits per heavy atom. The highest BCUT2D eigenvalue weighted by Gasteiger charge is 2.69. The highest BCUT2D eigenvalue weighted by Crippen LogP contribution is 2.65. The molecule has 1 aliphatic heterocycles. The summed E-state index contributed by atoms with van der Waals surface area (Å²) in [4.78, 5) is 43.6. The monoisotopic (exact) mass is 517 g/mol. The summed E-state index contributed by atoms with van der Waals surface area (Å²) in [7, 11) is 0. The van der Waals surface area contributed by atoms with E-state index in [-0.39, 0.29) is 29.4 Å². The number of amides is 3. The van der Waals surface area contributed by atoms with Crippen LogP contribution in [0.4, 0.5) is 11.5 Å². The van der Waals surface area contributed by atoms with Crippen LogP contribution < -0.4 is 32.7 Å². The van der Waals surface area contributed by atoms with E-state index in [4.69, 9.17) is 17.2 Å². The first-order chi connectivity index (χ1) is 18.2. The third kappa shape index (κ3) is 4.07. The van der Waals surface area contributed by atoms with Crippen LogP contribution >= 0.6 is 0 Å². The molecule has 3 saturated carbocycles. The third-order valence-corrected chi connectivity index (χ3v) is 9.33. The van der Waals surface area contributed by atoms with Crippen LogP contribution in [0.25, 0.3) is 0 Å². The van der Waals surface area contributed by atoms with E-state index in [1.165, 1.54) is 6.20 Å². The summed E-state index contributed by atoms with van der Waals surface area (Å²) < 4.78 is 0. The first-order valence-corrected chi connectivity index (χ1v) is 13.6. The van der Waals surface area contributed by atoms with Crippen molar-refractivity contribution >= 4 is 29.2 Å². The van der Waals surface area contributed by atoms with Crippen LogP contribution in [0.3, 0.4) is 0 Å². The summed E-state index contributed by atoms with van der Waals surface area (Å²) in [6, 6.07) is 9.83. The standard InChI is InChI=1S/C28H35N7O3/c29-17-3-5-18(6-4-17)33-21-11-15(1-7-20(21)26(31)37)27(38)34-19-12-23-28(13-19)10-9-22(28)35(23)24-8-2-16(14-32-24)25(30)36/h1-2,7-8,11,14,17-19,22-23,33H,3-6,9-10,12-13,29H2,(H2,30,36)(H2,31,37)(H,34,38). The number of nitrogens with zero attached hydrogens (tertiary/aromatic N) is 2. The van der Waals surface area contributed by atoms with E-state index in [0.717, 1.165) is 57.2 Å². The maximum Gasteiger partial charge on any atom is 0.251 e. The molecule has 1 aromatic heterocycles. The van der Waals surface area contributed by atoms with Gasteiger partial charge in [-0.3, -0.25) is 14.4 Å². The Labute approximate surface area is 221 Å². The summed E-state index contributed by atoms with van der Waals surface area (Å²) in [6.45, 7) is 0. The summed E-state index contributed by atoms with van der Waals surface area (Å²) >= 11 is 0. The second-order valence-corrected chi connectivity index (χ2v) is 11.5. The van der Waals surface area contributed by atoms with Crippen molar-refractivity contribution in [3.63, 3.8) is 0 Å². The number of hydrogen-bond acceptors (Lipinski definition) is 7. The van der Waals surface area contributed by atoms with Crippen LogP contribution in [-0.2, 0) is 0 Å². The van der Waals surface area contributed by atoms with E-state index >= 15 is 0 Å². The molecule has 2 heterocycles. The molecular weight excluding hydrogens is 482 g/mol. The second-order valence-electron chi connectivity index (χ2n) is 11.5. The second kappa shape index (κ2) is 9.27. The van der Waals surface area contributed by atoms with Gasteiger partial charge in [-0.2, -0.15) is 0 Å². The molecule has 0 radical (unpaired) electrons. The number of anilines is 2. The predicted molar refractivity (Wildman–Crippen MR) is 144 cm³/mol. The largest absolute Gasteiger partial charge is 0.382 e. The van der Waals surface area contributed by atoms with Gasteiger partial charge in [0.2, 0.25) is 5.91 Å². The van der Waals surface area contributed by atoms with Crippen LogP contribution in [0.1, 0.15) is 82.4 Å². The number of nitrogens with two attached hydrogens (primary N) is 3. The number of hydrogen-bond donors (Lipinski definition) is 5.